The van der Waals surface area contributed by atoms with E-state index in [-0.39, 0.29) is 40.0 Å². The lowest BCUT2D eigenvalue weighted by molar-refractivity contribution is -0.138. The summed E-state index contributed by atoms with van der Waals surface area (Å²) in [5.41, 5.74) is -2.48. The van der Waals surface area contributed by atoms with Crippen molar-refractivity contribution in [3.05, 3.63) is 34.9 Å². The van der Waals surface area contributed by atoms with Crippen LogP contribution in [0.15, 0.2) is 22.9 Å². The Morgan fingerprint density at radius 3 is 2.39 bits per heavy atom. The van der Waals surface area contributed by atoms with E-state index >= 15 is 0 Å². The molecule has 0 fully saturated rings. The highest BCUT2D eigenvalue weighted by Crippen LogP contribution is 2.35. The minimum atomic E-state index is -4.86. The predicted molar refractivity (Wildman–Crippen MR) is 101 cm³/mol. The predicted octanol–water partition coefficient (Wildman–Crippen LogP) is 3.93. The van der Waals surface area contributed by atoms with E-state index in [1.54, 1.807) is 0 Å². The summed E-state index contributed by atoms with van der Waals surface area (Å²) < 4.78 is 92.9. The van der Waals surface area contributed by atoms with Gasteiger partial charge in [-0.15, -0.1) is 0 Å². The Labute approximate surface area is 176 Å². The van der Waals surface area contributed by atoms with Crippen molar-refractivity contribution < 1.29 is 35.7 Å². The van der Waals surface area contributed by atoms with Crippen molar-refractivity contribution in [2.24, 2.45) is 7.05 Å². The Hall–Kier alpha value is -2.54. The van der Waals surface area contributed by atoms with Crippen molar-refractivity contribution in [3.63, 3.8) is 0 Å². The minimum Gasteiger partial charge on any atom is -0.611 e. The highest BCUT2D eigenvalue weighted by molar-refractivity contribution is 7.91. The van der Waals surface area contributed by atoms with E-state index < -0.39 is 34.8 Å². The number of allylic oxidation sites excluding steroid dienone is 1. The molecule has 1 unspecified atom stereocenters. The molecule has 31 heavy (non-hydrogen) atoms. The van der Waals surface area contributed by atoms with Gasteiger partial charge in [0.2, 0.25) is 6.41 Å². The van der Waals surface area contributed by atoms with E-state index in [0.29, 0.717) is 23.2 Å². The summed E-state index contributed by atoms with van der Waals surface area (Å²) in [7, 11) is 2.36. The summed E-state index contributed by atoms with van der Waals surface area (Å²) in [6.07, 6.45) is -8.40. The zero-order chi connectivity index (χ0) is 23.7. The lowest BCUT2D eigenvalue weighted by Gasteiger charge is -2.18. The van der Waals surface area contributed by atoms with E-state index in [9.17, 15) is 35.7 Å². The summed E-state index contributed by atoms with van der Waals surface area (Å²) in [5.74, 6) is -0.0707. The topological polar surface area (TPSA) is 74.1 Å². The second kappa shape index (κ2) is 8.91. The molecule has 2 rings (SSSR count). The van der Waals surface area contributed by atoms with Gasteiger partial charge in [0.1, 0.15) is 11.4 Å². The molecule has 0 aliphatic rings. The molecule has 0 bridgehead atoms. The first-order valence-electron chi connectivity index (χ1n) is 8.68. The third kappa shape index (κ3) is 5.21. The molecule has 0 N–H and O–H groups in total. The zero-order valence-electron chi connectivity index (χ0n) is 16.8. The Morgan fingerprint density at radius 1 is 1.29 bits per heavy atom. The van der Waals surface area contributed by atoms with E-state index in [1.807, 2.05) is 0 Å². The molecule has 6 nitrogen and oxygen atoms in total. The maximum atomic E-state index is 13.3. The molecule has 1 atom stereocenters. The summed E-state index contributed by atoms with van der Waals surface area (Å²) in [4.78, 5) is 18.8. The van der Waals surface area contributed by atoms with Crippen LogP contribution in [0.25, 0.3) is 17.6 Å². The van der Waals surface area contributed by atoms with Crippen LogP contribution in [-0.2, 0) is 29.2 Å². The van der Waals surface area contributed by atoms with Crippen molar-refractivity contribution in [1.29, 1.82) is 0 Å². The van der Waals surface area contributed by atoms with Crippen LogP contribution in [0.3, 0.4) is 0 Å². The number of hydrogen-bond donors (Lipinski definition) is 0. The van der Waals surface area contributed by atoms with E-state index in [0.717, 1.165) is 7.05 Å². The largest absolute Gasteiger partial charge is 0.611 e. The van der Waals surface area contributed by atoms with Gasteiger partial charge in [0.05, 0.1) is 11.3 Å². The fraction of sp³-hybridized carbons (Fsp3) is 0.389. The molecule has 2 heterocycles. The van der Waals surface area contributed by atoms with Gasteiger partial charge < -0.3 is 14.0 Å². The number of imidazole rings is 1. The fourth-order valence-electron chi connectivity index (χ4n) is 2.62. The second-order valence-electron chi connectivity index (χ2n) is 6.41. The molecule has 0 saturated heterocycles. The Bertz CT molecular complexity index is 1000. The number of nitrogens with zero attached hydrogens (tertiary/aromatic N) is 4. The monoisotopic (exact) mass is 468 g/mol. The van der Waals surface area contributed by atoms with Crippen LogP contribution in [0, 0.1) is 6.92 Å². The number of hydrogen-bond acceptors (Lipinski definition) is 4. The molecular formula is C18H18F6N4O2S. The van der Waals surface area contributed by atoms with Crippen LogP contribution >= 0.6 is 0 Å². The normalized spacial score (nSPS) is 14.0. The van der Waals surface area contributed by atoms with Gasteiger partial charge in [-0.2, -0.15) is 26.3 Å². The van der Waals surface area contributed by atoms with Crippen LogP contribution in [0.2, 0.25) is 0 Å². The van der Waals surface area contributed by atoms with Crippen LogP contribution in [-0.4, -0.2) is 49.4 Å². The lowest BCUT2D eigenvalue weighted by atomic mass is 10.2. The van der Waals surface area contributed by atoms with Crippen LogP contribution in [0.5, 0.6) is 0 Å². The average molecular weight is 468 g/mol. The number of halogens is 6. The highest BCUT2D eigenvalue weighted by Gasteiger charge is 2.37. The molecule has 0 aromatic carbocycles. The van der Waals surface area contributed by atoms with Crippen LogP contribution in [0.1, 0.15) is 23.9 Å². The van der Waals surface area contributed by atoms with Gasteiger partial charge in [-0.05, 0) is 31.1 Å². The number of alkyl halides is 6. The maximum Gasteiger partial charge on any atom is 0.431 e. The Kier molecular flexibility index (Phi) is 7.10. The second-order valence-corrected chi connectivity index (χ2v) is 8.12. The Morgan fingerprint density at radius 2 is 1.90 bits per heavy atom. The van der Waals surface area contributed by atoms with E-state index in [4.69, 9.17) is 0 Å². The zero-order valence-corrected chi connectivity index (χ0v) is 17.6. The van der Waals surface area contributed by atoms with Crippen LogP contribution in [0.4, 0.5) is 26.3 Å². The number of carbonyl (C=O) groups is 1. The van der Waals surface area contributed by atoms with Gasteiger partial charge in [-0.3, -0.25) is 4.79 Å². The summed E-state index contributed by atoms with van der Waals surface area (Å²) in [6, 6.07) is 0.697. The molecule has 0 radical (unpaired) electrons. The first-order chi connectivity index (χ1) is 14.2. The van der Waals surface area contributed by atoms with Crippen molar-refractivity contribution >= 4 is 23.7 Å². The van der Waals surface area contributed by atoms with Crippen molar-refractivity contribution in [2.75, 3.05) is 12.8 Å². The molecule has 13 heteroatoms. The average Bonchev–Trinajstić information content (AvgIpc) is 2.97. The highest BCUT2D eigenvalue weighted by atomic mass is 32.2. The smallest absolute Gasteiger partial charge is 0.431 e. The van der Waals surface area contributed by atoms with Crippen molar-refractivity contribution in [3.8, 4) is 11.5 Å². The molecule has 170 valence electrons. The number of amides is 1. The quantitative estimate of drug-likeness (QED) is 0.366. The molecule has 2 aromatic heterocycles. The molecule has 0 aliphatic heterocycles. The van der Waals surface area contributed by atoms with Crippen molar-refractivity contribution in [1.82, 2.24) is 19.4 Å². The van der Waals surface area contributed by atoms with Crippen LogP contribution < -0.4 is 0 Å². The summed E-state index contributed by atoms with van der Waals surface area (Å²) >= 11 is -1.85. The molecule has 1 amide bonds. The molecule has 0 saturated carbocycles. The third-order valence-electron chi connectivity index (χ3n) is 4.42. The first-order valence-corrected chi connectivity index (χ1v) is 10.0. The summed E-state index contributed by atoms with van der Waals surface area (Å²) in [6.45, 7) is 2.95. The van der Waals surface area contributed by atoms with Crippen molar-refractivity contribution in [2.45, 2.75) is 31.1 Å². The SMILES string of the molecule is CC[S+]([O-])c1cc(C(F)(F)F)cnc1-c1nc(/C=C(\N(C)C=O)C(F)(F)F)c(C)n1C. The molecule has 0 spiro atoms. The van der Waals surface area contributed by atoms with Gasteiger partial charge in [-0.25, -0.2) is 9.97 Å². The minimum absolute atomic E-state index is 0.00545. The van der Waals surface area contributed by atoms with E-state index in [2.05, 4.69) is 9.97 Å². The number of carbonyl (C=O) groups excluding carboxylic acids is 1. The maximum absolute atomic E-state index is 13.3. The number of aromatic nitrogens is 3. The van der Waals surface area contributed by atoms with Gasteiger partial charge in [-0.1, -0.05) is 0 Å². The van der Waals surface area contributed by atoms with Gasteiger partial charge in [0.25, 0.3) is 0 Å². The summed E-state index contributed by atoms with van der Waals surface area (Å²) in [5, 5.41) is 0. The van der Waals surface area contributed by atoms with Gasteiger partial charge in [0, 0.05) is 32.1 Å². The standard InChI is InChI=1S/C18H18F6N4O2S/c1-5-31(30)13-6-11(17(19,20)21)8-25-15(13)16-26-12(10(2)28(16)4)7-14(18(22,23)24)27(3)9-29/h6-9H,5H2,1-4H3/b14-7-. The molecular weight excluding hydrogens is 450 g/mol. The van der Waals surface area contributed by atoms with Gasteiger partial charge in [0.15, 0.2) is 16.4 Å². The Balaban J connectivity index is 2.72. The molecule has 2 aromatic rings. The third-order valence-corrected chi connectivity index (χ3v) is 5.75. The lowest BCUT2D eigenvalue weighted by Crippen LogP contribution is -2.27. The number of pyridine rings is 1. The van der Waals surface area contributed by atoms with E-state index in [1.165, 1.54) is 25.5 Å². The first kappa shape index (κ1) is 24.7. The molecule has 0 aliphatic carbocycles. The van der Waals surface area contributed by atoms with Gasteiger partial charge >= 0.3 is 12.4 Å². The number of rotatable bonds is 6. The fourth-order valence-corrected chi connectivity index (χ4v) is 3.54.